The van der Waals surface area contributed by atoms with Gasteiger partial charge in [0.05, 0.1) is 18.3 Å². The van der Waals surface area contributed by atoms with Crippen LogP contribution in [0.1, 0.15) is 18.0 Å². The van der Waals surface area contributed by atoms with Crippen LogP contribution >= 0.6 is 22.6 Å². The zero-order chi connectivity index (χ0) is 18.8. The molecule has 3 aromatic rings. The van der Waals surface area contributed by atoms with E-state index in [1.807, 2.05) is 28.9 Å². The van der Waals surface area contributed by atoms with Crippen LogP contribution in [0.4, 0.5) is 5.82 Å². The maximum atomic E-state index is 12.2. The quantitative estimate of drug-likeness (QED) is 0.439. The van der Waals surface area contributed by atoms with Crippen molar-refractivity contribution in [2.75, 3.05) is 12.4 Å². The highest BCUT2D eigenvalue weighted by Crippen LogP contribution is 2.33. The highest BCUT2D eigenvalue weighted by atomic mass is 127. The van der Waals surface area contributed by atoms with Crippen LogP contribution in [0.2, 0.25) is 0 Å². The van der Waals surface area contributed by atoms with Crippen molar-refractivity contribution in [1.29, 1.82) is 0 Å². The van der Waals surface area contributed by atoms with Crippen LogP contribution in [0.3, 0.4) is 0 Å². The highest BCUT2D eigenvalue weighted by Gasteiger charge is 2.31. The molecule has 0 fully saturated rings. The summed E-state index contributed by atoms with van der Waals surface area (Å²) in [6.45, 7) is 0.655. The molecule has 0 aliphatic heterocycles. The van der Waals surface area contributed by atoms with E-state index >= 15 is 0 Å². The van der Waals surface area contributed by atoms with Crippen molar-refractivity contribution in [3.8, 4) is 0 Å². The number of amides is 1. The minimum atomic E-state index is -0.148. The lowest BCUT2D eigenvalue weighted by Gasteiger charge is -2.19. The van der Waals surface area contributed by atoms with Gasteiger partial charge in [0.25, 0.3) is 0 Å². The van der Waals surface area contributed by atoms with Gasteiger partial charge in [-0.15, -0.1) is 0 Å². The zero-order valence-corrected chi connectivity index (χ0v) is 16.9. The van der Waals surface area contributed by atoms with E-state index < -0.39 is 0 Å². The average molecular weight is 474 g/mol. The van der Waals surface area contributed by atoms with Crippen LogP contribution in [0.15, 0.2) is 49.1 Å². The average Bonchev–Trinajstić information content (AvgIpc) is 3.33. The van der Waals surface area contributed by atoms with Crippen molar-refractivity contribution >= 4 is 45.5 Å². The molecule has 27 heavy (non-hydrogen) atoms. The Kier molecular flexibility index (Phi) is 5.06. The first-order valence-electron chi connectivity index (χ1n) is 8.72. The van der Waals surface area contributed by atoms with E-state index in [2.05, 4.69) is 60.3 Å². The molecule has 1 aliphatic carbocycles. The summed E-state index contributed by atoms with van der Waals surface area (Å²) in [5.74, 6) is 0.569. The Labute approximate surface area is 170 Å². The second-order valence-corrected chi connectivity index (χ2v) is 7.53. The maximum absolute atomic E-state index is 12.2. The molecular weight excluding hydrogens is 455 g/mol. The van der Waals surface area contributed by atoms with Crippen molar-refractivity contribution in [3.05, 3.63) is 58.2 Å². The summed E-state index contributed by atoms with van der Waals surface area (Å²) < 4.78 is 3.15. The molecule has 4 rings (SSSR count). The zero-order valence-electron chi connectivity index (χ0n) is 14.8. The lowest BCUT2D eigenvalue weighted by Crippen LogP contribution is -2.31. The van der Waals surface area contributed by atoms with Crippen LogP contribution < -0.4 is 10.6 Å². The van der Waals surface area contributed by atoms with E-state index in [-0.39, 0.29) is 17.9 Å². The Hall–Kier alpha value is -2.49. The summed E-state index contributed by atoms with van der Waals surface area (Å²) >= 11 is 2.32. The predicted molar refractivity (Wildman–Crippen MR) is 112 cm³/mol. The number of anilines is 1. The number of carbonyl (C=O) groups excluding carboxylic acids is 1. The molecule has 0 radical (unpaired) electrons. The number of carbonyl (C=O) groups is 1. The molecule has 8 heteroatoms. The Morgan fingerprint density at radius 2 is 2.15 bits per heavy atom. The molecule has 7 nitrogen and oxygen atoms in total. The number of aromatic nitrogens is 4. The molecule has 0 saturated carbocycles. The summed E-state index contributed by atoms with van der Waals surface area (Å²) in [6.07, 6.45) is 8.07. The topological polar surface area (TPSA) is 84.7 Å². The van der Waals surface area contributed by atoms with E-state index in [1.165, 1.54) is 15.5 Å². The first kappa shape index (κ1) is 17.9. The second-order valence-electron chi connectivity index (χ2n) is 6.37. The number of hydrogen-bond acceptors (Lipinski definition) is 5. The molecule has 0 bridgehead atoms. The summed E-state index contributed by atoms with van der Waals surface area (Å²) in [4.78, 5) is 25.5. The van der Waals surface area contributed by atoms with Gasteiger partial charge in [-0.1, -0.05) is 30.4 Å². The molecule has 2 N–H and O–H groups in total. The lowest BCUT2D eigenvalue weighted by molar-refractivity contribution is -0.125. The summed E-state index contributed by atoms with van der Waals surface area (Å²) in [6, 6.07) is 8.12. The van der Waals surface area contributed by atoms with Gasteiger partial charge < -0.3 is 15.2 Å². The van der Waals surface area contributed by atoms with Gasteiger partial charge in [0.15, 0.2) is 11.5 Å². The Bertz CT molecular complexity index is 1010. The van der Waals surface area contributed by atoms with Crippen molar-refractivity contribution < 1.29 is 4.79 Å². The molecule has 2 unspecified atom stereocenters. The smallest absolute Gasteiger partial charge is 0.225 e. The van der Waals surface area contributed by atoms with E-state index in [0.717, 1.165) is 5.65 Å². The van der Waals surface area contributed by atoms with E-state index in [0.29, 0.717) is 24.3 Å². The van der Waals surface area contributed by atoms with Crippen LogP contribution in [-0.2, 0) is 11.3 Å². The van der Waals surface area contributed by atoms with Crippen LogP contribution in [0, 0.1) is 9.49 Å². The molecule has 0 spiro atoms. The number of nitrogens with zero attached hydrogens (tertiary/aromatic N) is 4. The fourth-order valence-electron chi connectivity index (χ4n) is 3.39. The molecule has 1 aliphatic rings. The third kappa shape index (κ3) is 3.41. The van der Waals surface area contributed by atoms with Crippen molar-refractivity contribution in [2.24, 2.45) is 5.92 Å². The van der Waals surface area contributed by atoms with Crippen LogP contribution in [0.25, 0.3) is 11.2 Å². The predicted octanol–water partition coefficient (Wildman–Crippen LogP) is 2.91. The van der Waals surface area contributed by atoms with Crippen molar-refractivity contribution in [2.45, 2.75) is 19.0 Å². The van der Waals surface area contributed by atoms with E-state index in [9.17, 15) is 4.79 Å². The third-order valence-corrected chi connectivity index (χ3v) is 5.86. The van der Waals surface area contributed by atoms with Crippen LogP contribution in [-0.4, -0.2) is 32.5 Å². The normalized spacial score (nSPS) is 18.7. The number of allylic oxidation sites excluding steroid dienone is 2. The lowest BCUT2D eigenvalue weighted by atomic mass is 10.0. The number of fused-ring (bicyclic) bond motifs is 1. The van der Waals surface area contributed by atoms with Gasteiger partial charge in [-0.2, -0.15) is 0 Å². The fourth-order valence-corrected chi connectivity index (χ4v) is 3.97. The largest absolute Gasteiger partial charge is 0.364 e. The van der Waals surface area contributed by atoms with Gasteiger partial charge in [-0.3, -0.25) is 4.79 Å². The van der Waals surface area contributed by atoms with Gasteiger partial charge in [0, 0.05) is 17.2 Å². The minimum Gasteiger partial charge on any atom is -0.364 e. The first-order chi connectivity index (χ1) is 13.2. The number of benzene rings is 1. The van der Waals surface area contributed by atoms with E-state index in [1.54, 1.807) is 13.4 Å². The Balaban J connectivity index is 1.63. The SMILES string of the molecule is CNC(=O)C1CC=CC1n1cnc2c(NCc3ccccc3I)ncnc21. The third-order valence-electron chi connectivity index (χ3n) is 4.80. The van der Waals surface area contributed by atoms with Gasteiger partial charge in [-0.25, -0.2) is 15.0 Å². The molecule has 1 amide bonds. The minimum absolute atomic E-state index is 0.0258. The second kappa shape index (κ2) is 7.63. The van der Waals surface area contributed by atoms with Gasteiger partial charge >= 0.3 is 0 Å². The number of rotatable bonds is 5. The summed E-state index contributed by atoms with van der Waals surface area (Å²) in [5.41, 5.74) is 2.63. The van der Waals surface area contributed by atoms with Crippen molar-refractivity contribution in [1.82, 2.24) is 24.8 Å². The number of hydrogen-bond donors (Lipinski definition) is 2. The molecule has 2 heterocycles. The number of imidazole rings is 1. The fraction of sp³-hybridized carbons (Fsp3) is 0.263. The van der Waals surface area contributed by atoms with Gasteiger partial charge in [0.2, 0.25) is 5.91 Å². The highest BCUT2D eigenvalue weighted by molar-refractivity contribution is 14.1. The Morgan fingerprint density at radius 1 is 1.30 bits per heavy atom. The summed E-state index contributed by atoms with van der Waals surface area (Å²) in [5, 5.41) is 6.11. The van der Waals surface area contributed by atoms with Crippen LogP contribution in [0.5, 0.6) is 0 Å². The number of halogens is 1. The molecule has 138 valence electrons. The Morgan fingerprint density at radius 3 is 2.96 bits per heavy atom. The monoisotopic (exact) mass is 474 g/mol. The van der Waals surface area contributed by atoms with Gasteiger partial charge in [0.1, 0.15) is 11.8 Å². The van der Waals surface area contributed by atoms with E-state index in [4.69, 9.17) is 0 Å². The summed E-state index contributed by atoms with van der Waals surface area (Å²) in [7, 11) is 1.67. The molecular formula is C19H19IN6O. The maximum Gasteiger partial charge on any atom is 0.225 e. The number of nitrogens with one attached hydrogen (secondary N) is 2. The standard InChI is InChI=1S/C19H19IN6O/c1-21-19(27)13-6-4-8-15(13)26-11-25-16-17(23-10-24-18(16)26)22-9-12-5-2-3-7-14(12)20/h2-5,7-8,10-11,13,15H,6,9H2,1H3,(H,21,27)(H,22,23,24). The molecule has 2 aromatic heterocycles. The van der Waals surface area contributed by atoms with Crippen molar-refractivity contribution in [3.63, 3.8) is 0 Å². The molecule has 1 aromatic carbocycles. The first-order valence-corrected chi connectivity index (χ1v) is 9.80. The molecule has 0 saturated heterocycles. The van der Waals surface area contributed by atoms with Gasteiger partial charge in [-0.05, 0) is 40.6 Å². The molecule has 2 atom stereocenters.